The van der Waals surface area contributed by atoms with Crippen LogP contribution in [-0.2, 0) is 36.3 Å². The number of nitrogens with zero attached hydrogens (tertiary/aromatic N) is 1. The highest BCUT2D eigenvalue weighted by Gasteiger charge is 2.54. The van der Waals surface area contributed by atoms with Crippen molar-refractivity contribution in [3.63, 3.8) is 0 Å². The summed E-state index contributed by atoms with van der Waals surface area (Å²) < 4.78 is 39.8. The summed E-state index contributed by atoms with van der Waals surface area (Å²) in [7, 11) is -1.34. The van der Waals surface area contributed by atoms with Gasteiger partial charge in [-0.2, -0.15) is 4.31 Å². The third-order valence-electron chi connectivity index (χ3n) is 7.31. The number of amides is 1. The van der Waals surface area contributed by atoms with E-state index in [0.717, 1.165) is 11.1 Å². The zero-order valence-corrected chi connectivity index (χ0v) is 24.3. The van der Waals surface area contributed by atoms with Crippen molar-refractivity contribution >= 4 is 21.9 Å². The highest BCUT2D eigenvalue weighted by atomic mass is 32.2. The van der Waals surface area contributed by atoms with Crippen molar-refractivity contribution in [1.82, 2.24) is 9.62 Å². The minimum absolute atomic E-state index is 0.0150. The number of benzene rings is 3. The molecule has 0 aliphatic carbocycles. The third-order valence-corrected chi connectivity index (χ3v) is 9.21. The second kappa shape index (κ2) is 11.8. The number of rotatable bonds is 8. The first-order chi connectivity index (χ1) is 19.0. The van der Waals surface area contributed by atoms with E-state index in [0.29, 0.717) is 11.3 Å². The van der Waals surface area contributed by atoms with Crippen LogP contribution in [0.4, 0.5) is 0 Å². The Balaban J connectivity index is 1.76. The van der Waals surface area contributed by atoms with Crippen LogP contribution in [0.25, 0.3) is 0 Å². The van der Waals surface area contributed by atoms with Gasteiger partial charge >= 0.3 is 5.97 Å². The summed E-state index contributed by atoms with van der Waals surface area (Å²) in [6.45, 7) is 6.45. The first-order valence-electron chi connectivity index (χ1n) is 13.1. The number of ether oxygens (including phenoxy) is 2. The fourth-order valence-corrected chi connectivity index (χ4v) is 6.91. The molecule has 8 nitrogen and oxygen atoms in total. The lowest BCUT2D eigenvalue weighted by molar-refractivity contribution is -0.146. The van der Waals surface area contributed by atoms with Gasteiger partial charge in [-0.05, 0) is 52.8 Å². The van der Waals surface area contributed by atoms with Gasteiger partial charge in [0.2, 0.25) is 15.9 Å². The van der Waals surface area contributed by atoms with E-state index in [2.05, 4.69) is 26.1 Å². The molecular weight excluding hydrogens is 528 g/mol. The summed E-state index contributed by atoms with van der Waals surface area (Å²) in [5, 5.41) is 2.87. The number of hydrogen-bond donors (Lipinski definition) is 1. The Labute approximate surface area is 236 Å². The number of carbonyl (C=O) groups is 2. The van der Waals surface area contributed by atoms with Crippen LogP contribution < -0.4 is 10.1 Å². The van der Waals surface area contributed by atoms with Gasteiger partial charge in [0.05, 0.1) is 31.1 Å². The summed E-state index contributed by atoms with van der Waals surface area (Å²) in [5.74, 6) is -1.24. The molecule has 9 heteroatoms. The predicted molar refractivity (Wildman–Crippen MR) is 152 cm³/mol. The monoisotopic (exact) mass is 564 g/mol. The highest BCUT2D eigenvalue weighted by molar-refractivity contribution is 7.89. The van der Waals surface area contributed by atoms with E-state index in [1.165, 1.54) is 23.5 Å². The molecule has 212 valence electrons. The molecule has 0 saturated carbocycles. The molecule has 1 saturated heterocycles. The zero-order valence-electron chi connectivity index (χ0n) is 23.5. The number of methoxy groups -OCH3 is 2. The van der Waals surface area contributed by atoms with Crippen molar-refractivity contribution < 1.29 is 27.5 Å². The van der Waals surface area contributed by atoms with Crippen LogP contribution in [0.15, 0.2) is 83.8 Å². The van der Waals surface area contributed by atoms with Crippen molar-refractivity contribution in [2.75, 3.05) is 14.2 Å². The van der Waals surface area contributed by atoms with Crippen molar-refractivity contribution in [3.8, 4) is 5.75 Å². The van der Waals surface area contributed by atoms with Crippen LogP contribution >= 0.6 is 0 Å². The maximum Gasteiger partial charge on any atom is 0.310 e. The molecule has 0 radical (unpaired) electrons. The largest absolute Gasteiger partial charge is 0.497 e. The van der Waals surface area contributed by atoms with Crippen molar-refractivity contribution in [3.05, 3.63) is 95.6 Å². The molecule has 4 rings (SSSR count). The lowest BCUT2D eigenvalue weighted by atomic mass is 9.85. The van der Waals surface area contributed by atoms with E-state index >= 15 is 0 Å². The van der Waals surface area contributed by atoms with E-state index in [1.54, 1.807) is 37.4 Å². The first kappa shape index (κ1) is 29.3. The molecule has 3 atom stereocenters. The van der Waals surface area contributed by atoms with Gasteiger partial charge in [-0.3, -0.25) is 9.59 Å². The summed E-state index contributed by atoms with van der Waals surface area (Å²) in [5.41, 5.74) is 2.39. The van der Waals surface area contributed by atoms with Crippen LogP contribution in [0.1, 0.15) is 49.9 Å². The Hall–Kier alpha value is -3.69. The van der Waals surface area contributed by atoms with Gasteiger partial charge < -0.3 is 14.8 Å². The quantitative estimate of drug-likeness (QED) is 0.401. The van der Waals surface area contributed by atoms with Gasteiger partial charge in [0, 0.05) is 6.54 Å². The Morgan fingerprint density at radius 2 is 1.55 bits per heavy atom. The lowest BCUT2D eigenvalue weighted by Crippen LogP contribution is -2.46. The fraction of sp³-hybridized carbons (Fsp3) is 0.355. The van der Waals surface area contributed by atoms with E-state index in [-0.39, 0.29) is 23.3 Å². The van der Waals surface area contributed by atoms with Gasteiger partial charge in [0.25, 0.3) is 0 Å². The predicted octanol–water partition coefficient (Wildman–Crippen LogP) is 4.60. The van der Waals surface area contributed by atoms with E-state index in [1.807, 2.05) is 36.4 Å². The van der Waals surface area contributed by atoms with Crippen molar-refractivity contribution in [1.29, 1.82) is 0 Å². The minimum atomic E-state index is -4.19. The molecule has 3 aromatic carbocycles. The second-order valence-corrected chi connectivity index (χ2v) is 12.8. The van der Waals surface area contributed by atoms with Crippen molar-refractivity contribution in [2.24, 2.45) is 5.92 Å². The standard InChI is InChI=1S/C31H36N2O6S/c1-31(2,3)23-15-13-22(14-16-23)28-26(30(35)39-5)19-27(33(28)40(36,37)25-9-7-6-8-10-25)29(34)32-20-21-11-17-24(38-4)18-12-21/h6-18,26-28H,19-20H2,1-5H3,(H,32,34). The molecular formula is C31H36N2O6S. The SMILES string of the molecule is COC(=O)C1CC(C(=O)NCc2ccc(OC)cc2)N(S(=O)(=O)c2ccccc2)C1c1ccc(C(C)(C)C)cc1. The smallest absolute Gasteiger partial charge is 0.310 e. The number of sulfonamides is 1. The summed E-state index contributed by atoms with van der Waals surface area (Å²) in [6.07, 6.45) is -0.0150. The van der Waals surface area contributed by atoms with Crippen LogP contribution in [0, 0.1) is 5.92 Å². The Bertz CT molecular complexity index is 1430. The second-order valence-electron chi connectivity index (χ2n) is 10.9. The Morgan fingerprint density at radius 3 is 2.10 bits per heavy atom. The molecule has 1 N–H and O–H groups in total. The molecule has 40 heavy (non-hydrogen) atoms. The molecule has 1 heterocycles. The zero-order chi connectivity index (χ0) is 29.1. The van der Waals surface area contributed by atoms with E-state index in [4.69, 9.17) is 9.47 Å². The van der Waals surface area contributed by atoms with Gasteiger partial charge in [0.15, 0.2) is 0 Å². The summed E-state index contributed by atoms with van der Waals surface area (Å²) in [4.78, 5) is 26.8. The first-order valence-corrected chi connectivity index (χ1v) is 14.6. The number of hydrogen-bond acceptors (Lipinski definition) is 6. The minimum Gasteiger partial charge on any atom is -0.497 e. The molecule has 0 aromatic heterocycles. The fourth-order valence-electron chi connectivity index (χ4n) is 5.08. The van der Waals surface area contributed by atoms with Gasteiger partial charge in [-0.15, -0.1) is 0 Å². The highest BCUT2D eigenvalue weighted by Crippen LogP contribution is 2.45. The average molecular weight is 565 g/mol. The van der Waals surface area contributed by atoms with E-state index in [9.17, 15) is 18.0 Å². The number of nitrogens with one attached hydrogen (secondary N) is 1. The molecule has 1 aliphatic heterocycles. The van der Waals surface area contributed by atoms with Gasteiger partial charge in [-0.25, -0.2) is 8.42 Å². The van der Waals surface area contributed by atoms with Crippen LogP contribution in [0.5, 0.6) is 5.75 Å². The molecule has 1 amide bonds. The van der Waals surface area contributed by atoms with Crippen LogP contribution in [0.3, 0.4) is 0 Å². The van der Waals surface area contributed by atoms with Crippen molar-refractivity contribution in [2.45, 2.75) is 56.1 Å². The average Bonchev–Trinajstić information content (AvgIpc) is 3.37. The topological polar surface area (TPSA) is 102 Å². The molecule has 3 aromatic rings. The lowest BCUT2D eigenvalue weighted by Gasteiger charge is -2.30. The maximum absolute atomic E-state index is 14.1. The number of carbonyl (C=O) groups excluding carboxylic acids is 2. The molecule has 0 spiro atoms. The summed E-state index contributed by atoms with van der Waals surface area (Å²) >= 11 is 0. The molecule has 1 fully saturated rings. The van der Waals surface area contributed by atoms with Crippen LogP contribution in [0.2, 0.25) is 0 Å². The summed E-state index contributed by atoms with van der Waals surface area (Å²) in [6, 6.07) is 20.7. The van der Waals surface area contributed by atoms with E-state index < -0.39 is 39.9 Å². The third kappa shape index (κ3) is 6.05. The van der Waals surface area contributed by atoms with Crippen LogP contribution in [-0.4, -0.2) is 44.9 Å². The molecule has 0 bridgehead atoms. The molecule has 3 unspecified atom stereocenters. The Morgan fingerprint density at radius 1 is 0.925 bits per heavy atom. The normalized spacial score (nSPS) is 19.7. The van der Waals surface area contributed by atoms with Gasteiger partial charge in [0.1, 0.15) is 11.8 Å². The molecule has 1 aliphatic rings. The van der Waals surface area contributed by atoms with Gasteiger partial charge in [-0.1, -0.05) is 75.4 Å². The Kier molecular flexibility index (Phi) is 8.65. The number of esters is 1. The maximum atomic E-state index is 14.1.